The summed E-state index contributed by atoms with van der Waals surface area (Å²) in [5, 5.41) is 14.4. The van der Waals surface area contributed by atoms with Crippen LogP contribution in [0.4, 0.5) is 0 Å². The molecule has 0 radical (unpaired) electrons. The second kappa shape index (κ2) is 6.86. The average molecular weight is 331 g/mol. The Morgan fingerprint density at radius 2 is 2.12 bits per heavy atom. The normalized spacial score (nSPS) is 17.1. The first kappa shape index (κ1) is 16.9. The van der Waals surface area contributed by atoms with E-state index in [1.165, 1.54) is 0 Å². The smallest absolute Gasteiger partial charge is 0.252 e. The van der Waals surface area contributed by atoms with Crippen LogP contribution < -0.4 is 10.6 Å². The van der Waals surface area contributed by atoms with Gasteiger partial charge in [0.1, 0.15) is 0 Å². The monoisotopic (exact) mass is 331 g/mol. The summed E-state index contributed by atoms with van der Waals surface area (Å²) in [5.74, 6) is -0.0796. The van der Waals surface area contributed by atoms with E-state index in [0.29, 0.717) is 24.4 Å². The largest absolute Gasteiger partial charge is 0.384 e. The van der Waals surface area contributed by atoms with Crippen molar-refractivity contribution >= 4 is 16.9 Å². The van der Waals surface area contributed by atoms with Crippen LogP contribution in [0, 0.1) is 19.3 Å². The van der Waals surface area contributed by atoms with Crippen molar-refractivity contribution in [2.24, 2.45) is 5.41 Å². The number of aromatic nitrogens is 3. The molecule has 1 aliphatic rings. The number of pyridine rings is 1. The zero-order valence-electron chi connectivity index (χ0n) is 14.5. The molecule has 0 atom stereocenters. The van der Waals surface area contributed by atoms with E-state index in [-0.39, 0.29) is 11.3 Å². The maximum Gasteiger partial charge on any atom is 0.252 e. The van der Waals surface area contributed by atoms with E-state index >= 15 is 0 Å². The van der Waals surface area contributed by atoms with Gasteiger partial charge in [0.05, 0.1) is 17.6 Å². The van der Waals surface area contributed by atoms with Gasteiger partial charge >= 0.3 is 0 Å². The first-order chi connectivity index (χ1) is 11.5. The second-order valence-corrected chi connectivity index (χ2v) is 6.72. The topological polar surface area (TPSA) is 91.9 Å². The molecule has 0 aromatic carbocycles. The standard InChI is InChI=1S/C17H25N5O2/c1-11-8-13(14-12(2)21-22-15(14)20-11)16(23)19-9-17(10-24-3)4-6-18-7-5-17/h8,18H,4-7,9-10H2,1-3H3,(H,19,23)(H,20,21,22). The van der Waals surface area contributed by atoms with Gasteiger partial charge in [-0.2, -0.15) is 5.10 Å². The van der Waals surface area contributed by atoms with Crippen LogP contribution in [0.2, 0.25) is 0 Å². The van der Waals surface area contributed by atoms with Crippen LogP contribution in [0.15, 0.2) is 6.07 Å². The summed E-state index contributed by atoms with van der Waals surface area (Å²) >= 11 is 0. The number of carbonyl (C=O) groups is 1. The number of nitrogens with zero attached hydrogens (tertiary/aromatic N) is 2. The second-order valence-electron chi connectivity index (χ2n) is 6.72. The van der Waals surface area contributed by atoms with E-state index in [0.717, 1.165) is 42.7 Å². The Labute approximate surface area is 141 Å². The minimum absolute atomic E-state index is 0.00227. The molecule has 1 saturated heterocycles. The molecule has 130 valence electrons. The number of hydrogen-bond donors (Lipinski definition) is 3. The van der Waals surface area contributed by atoms with E-state index in [1.54, 1.807) is 7.11 Å². The van der Waals surface area contributed by atoms with Crippen LogP contribution in [0.5, 0.6) is 0 Å². The van der Waals surface area contributed by atoms with Crippen LogP contribution in [-0.2, 0) is 4.74 Å². The van der Waals surface area contributed by atoms with Gasteiger partial charge in [-0.3, -0.25) is 9.89 Å². The summed E-state index contributed by atoms with van der Waals surface area (Å²) < 4.78 is 5.41. The molecule has 0 unspecified atom stereocenters. The van der Waals surface area contributed by atoms with E-state index in [4.69, 9.17) is 4.74 Å². The van der Waals surface area contributed by atoms with Gasteiger partial charge in [-0.15, -0.1) is 0 Å². The number of aryl methyl sites for hydroxylation is 2. The number of hydrogen-bond acceptors (Lipinski definition) is 5. The summed E-state index contributed by atoms with van der Waals surface area (Å²) in [6.07, 6.45) is 1.99. The summed E-state index contributed by atoms with van der Waals surface area (Å²) in [6, 6.07) is 1.83. The molecule has 3 rings (SSSR count). The van der Waals surface area contributed by atoms with Crippen molar-refractivity contribution < 1.29 is 9.53 Å². The molecule has 7 heteroatoms. The fourth-order valence-corrected chi connectivity index (χ4v) is 3.48. The molecule has 3 N–H and O–H groups in total. The third-order valence-electron chi connectivity index (χ3n) is 4.82. The molecule has 0 aliphatic carbocycles. The Hall–Kier alpha value is -1.99. The molecule has 24 heavy (non-hydrogen) atoms. The van der Waals surface area contributed by atoms with Gasteiger partial charge in [-0.25, -0.2) is 4.98 Å². The van der Waals surface area contributed by atoms with Crippen molar-refractivity contribution in [1.82, 2.24) is 25.8 Å². The van der Waals surface area contributed by atoms with Gasteiger partial charge in [-0.1, -0.05) is 0 Å². The first-order valence-corrected chi connectivity index (χ1v) is 8.35. The molecule has 0 bridgehead atoms. The molecule has 3 heterocycles. The highest BCUT2D eigenvalue weighted by Crippen LogP contribution is 2.28. The average Bonchev–Trinajstić information content (AvgIpc) is 2.94. The van der Waals surface area contributed by atoms with E-state index in [1.807, 2.05) is 19.9 Å². The van der Waals surface area contributed by atoms with Gasteiger partial charge < -0.3 is 15.4 Å². The SMILES string of the molecule is COCC1(CNC(=O)c2cc(C)nc3n[nH]c(C)c23)CCNCC1. The van der Waals surface area contributed by atoms with Crippen LogP contribution in [0.3, 0.4) is 0 Å². The number of H-pyrrole nitrogens is 1. The van der Waals surface area contributed by atoms with Crippen LogP contribution >= 0.6 is 0 Å². The lowest BCUT2D eigenvalue weighted by molar-refractivity contribution is 0.0512. The van der Waals surface area contributed by atoms with Crippen molar-refractivity contribution in [2.45, 2.75) is 26.7 Å². The van der Waals surface area contributed by atoms with E-state index < -0.39 is 0 Å². The maximum absolute atomic E-state index is 12.8. The predicted octanol–water partition coefficient (Wildman–Crippen LogP) is 1.32. The molecule has 0 spiro atoms. The lowest BCUT2D eigenvalue weighted by atomic mass is 9.79. The summed E-state index contributed by atoms with van der Waals surface area (Å²) in [5.41, 5.74) is 2.86. The fourth-order valence-electron chi connectivity index (χ4n) is 3.48. The Bertz CT molecular complexity index is 728. The van der Waals surface area contributed by atoms with Gasteiger partial charge in [0.15, 0.2) is 5.65 Å². The molecular formula is C17H25N5O2. The van der Waals surface area contributed by atoms with Crippen LogP contribution in [0.1, 0.15) is 34.6 Å². The number of rotatable bonds is 5. The van der Waals surface area contributed by atoms with Crippen molar-refractivity contribution in [2.75, 3.05) is 33.4 Å². The highest BCUT2D eigenvalue weighted by molar-refractivity contribution is 6.06. The van der Waals surface area contributed by atoms with Crippen LogP contribution in [0.25, 0.3) is 11.0 Å². The minimum Gasteiger partial charge on any atom is -0.384 e. The highest BCUT2D eigenvalue weighted by atomic mass is 16.5. The van der Waals surface area contributed by atoms with Crippen molar-refractivity contribution in [3.05, 3.63) is 23.0 Å². The van der Waals surface area contributed by atoms with Crippen molar-refractivity contribution in [1.29, 1.82) is 0 Å². The Balaban J connectivity index is 1.81. The third kappa shape index (κ3) is 3.27. The minimum atomic E-state index is -0.0796. The lowest BCUT2D eigenvalue weighted by Gasteiger charge is -2.37. The molecular weight excluding hydrogens is 306 g/mol. The number of fused-ring (bicyclic) bond motifs is 1. The Morgan fingerprint density at radius 3 is 2.83 bits per heavy atom. The van der Waals surface area contributed by atoms with Crippen molar-refractivity contribution in [3.63, 3.8) is 0 Å². The molecule has 0 saturated carbocycles. The highest BCUT2D eigenvalue weighted by Gasteiger charge is 2.32. The number of carbonyl (C=O) groups excluding carboxylic acids is 1. The van der Waals surface area contributed by atoms with Gasteiger partial charge in [0.25, 0.3) is 5.91 Å². The van der Waals surface area contributed by atoms with Crippen LogP contribution in [-0.4, -0.2) is 54.4 Å². The molecule has 2 aromatic rings. The molecule has 1 aliphatic heterocycles. The van der Waals surface area contributed by atoms with Gasteiger partial charge in [0, 0.05) is 30.5 Å². The number of methoxy groups -OCH3 is 1. The number of aromatic amines is 1. The Morgan fingerprint density at radius 1 is 1.38 bits per heavy atom. The summed E-state index contributed by atoms with van der Waals surface area (Å²) in [6.45, 7) is 6.96. The summed E-state index contributed by atoms with van der Waals surface area (Å²) in [4.78, 5) is 17.2. The number of amides is 1. The quantitative estimate of drug-likeness (QED) is 0.768. The Kier molecular flexibility index (Phi) is 4.82. The molecule has 2 aromatic heterocycles. The first-order valence-electron chi connectivity index (χ1n) is 8.35. The molecule has 1 fully saturated rings. The van der Waals surface area contributed by atoms with Crippen molar-refractivity contribution in [3.8, 4) is 0 Å². The van der Waals surface area contributed by atoms with Gasteiger partial charge in [0.2, 0.25) is 0 Å². The zero-order chi connectivity index (χ0) is 17.2. The fraction of sp³-hybridized carbons (Fsp3) is 0.588. The molecule has 7 nitrogen and oxygen atoms in total. The molecule has 1 amide bonds. The van der Waals surface area contributed by atoms with E-state index in [2.05, 4.69) is 25.8 Å². The lowest BCUT2D eigenvalue weighted by Crippen LogP contribution is -2.47. The van der Waals surface area contributed by atoms with E-state index in [9.17, 15) is 4.79 Å². The zero-order valence-corrected chi connectivity index (χ0v) is 14.5. The third-order valence-corrected chi connectivity index (χ3v) is 4.82. The summed E-state index contributed by atoms with van der Waals surface area (Å²) in [7, 11) is 1.72. The number of piperidine rings is 1. The number of ether oxygens (including phenoxy) is 1. The maximum atomic E-state index is 12.8. The number of nitrogens with one attached hydrogen (secondary N) is 3. The predicted molar refractivity (Wildman–Crippen MR) is 92.1 cm³/mol. The van der Waals surface area contributed by atoms with Gasteiger partial charge in [-0.05, 0) is 45.8 Å².